The van der Waals surface area contributed by atoms with Crippen LogP contribution in [-0.4, -0.2) is 37.4 Å². The number of ether oxygens (including phenoxy) is 3. The summed E-state index contributed by atoms with van der Waals surface area (Å²) in [5.74, 6) is -0.353. The van der Waals surface area contributed by atoms with Gasteiger partial charge in [-0.2, -0.15) is 0 Å². The molecule has 9 nitrogen and oxygen atoms in total. The van der Waals surface area contributed by atoms with Crippen LogP contribution in [0.5, 0.6) is 11.5 Å². The first-order valence-corrected chi connectivity index (χ1v) is 6.64. The molecule has 126 valence electrons. The second-order valence-electron chi connectivity index (χ2n) is 4.65. The molecular formula is C14H18N2O7. The molecule has 23 heavy (non-hydrogen) atoms. The van der Waals surface area contributed by atoms with Crippen LogP contribution >= 0.6 is 0 Å². The van der Waals surface area contributed by atoms with Gasteiger partial charge in [-0.25, -0.2) is 4.79 Å². The fourth-order valence-electron chi connectivity index (χ4n) is 1.81. The predicted octanol–water partition coefficient (Wildman–Crippen LogP) is 2.19. The van der Waals surface area contributed by atoms with Crippen molar-refractivity contribution in [3.8, 4) is 11.5 Å². The maximum atomic E-state index is 11.6. The van der Waals surface area contributed by atoms with Gasteiger partial charge in [-0.3, -0.25) is 4.79 Å². The zero-order valence-electron chi connectivity index (χ0n) is 13.0. The molecule has 0 bridgehead atoms. The summed E-state index contributed by atoms with van der Waals surface area (Å²) in [5.41, 5.74) is 0.382. The molecule has 1 rings (SSSR count). The van der Waals surface area contributed by atoms with Gasteiger partial charge in [-0.05, 0) is 18.2 Å². The Morgan fingerprint density at radius 3 is 2.39 bits per heavy atom. The Morgan fingerprint density at radius 2 is 1.87 bits per heavy atom. The molecule has 0 spiro atoms. The SMILES string of the molecule is COc1cc(COC(=O)NC(C)CC(=O)O)c(N=O)cc1OC. The highest BCUT2D eigenvalue weighted by Gasteiger charge is 2.15. The molecule has 0 radical (unpaired) electrons. The third-order valence-corrected chi connectivity index (χ3v) is 2.89. The molecule has 0 aliphatic rings. The first-order chi connectivity index (χ1) is 10.9. The van der Waals surface area contributed by atoms with Gasteiger partial charge in [0.15, 0.2) is 11.5 Å². The van der Waals surface area contributed by atoms with Crippen LogP contribution in [0.25, 0.3) is 0 Å². The fraction of sp³-hybridized carbons (Fsp3) is 0.429. The quantitative estimate of drug-likeness (QED) is 0.702. The molecule has 0 aliphatic carbocycles. The number of nitroso groups, excluding NO2 is 1. The Kier molecular flexibility index (Phi) is 6.78. The van der Waals surface area contributed by atoms with Crippen LogP contribution in [0, 0.1) is 4.91 Å². The summed E-state index contributed by atoms with van der Waals surface area (Å²) < 4.78 is 15.1. The molecule has 9 heteroatoms. The number of nitrogens with zero attached hydrogens (tertiary/aromatic N) is 1. The minimum atomic E-state index is -1.04. The Hall–Kier alpha value is -2.84. The van der Waals surface area contributed by atoms with Crippen LogP contribution in [0.4, 0.5) is 10.5 Å². The average Bonchev–Trinajstić information content (AvgIpc) is 2.50. The predicted molar refractivity (Wildman–Crippen MR) is 80.0 cm³/mol. The third kappa shape index (κ3) is 5.46. The number of carboxylic acid groups (broad SMARTS) is 1. The van der Waals surface area contributed by atoms with Crippen LogP contribution in [0.2, 0.25) is 0 Å². The van der Waals surface area contributed by atoms with E-state index in [1.807, 2.05) is 0 Å². The number of rotatable bonds is 8. The van der Waals surface area contributed by atoms with Gasteiger partial charge in [0.1, 0.15) is 12.3 Å². The summed E-state index contributed by atoms with van der Waals surface area (Å²) in [5, 5.41) is 13.8. The molecule has 1 unspecified atom stereocenters. The Morgan fingerprint density at radius 1 is 1.26 bits per heavy atom. The van der Waals surface area contributed by atoms with E-state index in [0.29, 0.717) is 17.1 Å². The number of carbonyl (C=O) groups is 2. The Labute approximate surface area is 132 Å². The minimum absolute atomic E-state index is 0.0500. The van der Waals surface area contributed by atoms with Gasteiger partial charge in [-0.15, -0.1) is 4.91 Å². The second-order valence-corrected chi connectivity index (χ2v) is 4.65. The number of methoxy groups -OCH3 is 2. The molecule has 0 saturated heterocycles. The highest BCUT2D eigenvalue weighted by atomic mass is 16.5. The van der Waals surface area contributed by atoms with E-state index in [2.05, 4.69) is 10.5 Å². The fourth-order valence-corrected chi connectivity index (χ4v) is 1.81. The molecule has 0 fully saturated rings. The maximum Gasteiger partial charge on any atom is 0.407 e. The standard InChI is InChI=1S/C14H18N2O7/c1-8(4-13(17)18)15-14(19)23-7-9-5-11(21-2)12(22-3)6-10(9)16-20/h5-6,8H,4,7H2,1-3H3,(H,15,19)(H,17,18). The van der Waals surface area contributed by atoms with E-state index in [4.69, 9.17) is 19.3 Å². The van der Waals surface area contributed by atoms with Gasteiger partial charge in [-0.1, -0.05) is 0 Å². The normalized spacial score (nSPS) is 11.3. The maximum absolute atomic E-state index is 11.6. The number of amides is 1. The number of hydrogen-bond acceptors (Lipinski definition) is 7. The van der Waals surface area contributed by atoms with Gasteiger partial charge in [0.25, 0.3) is 0 Å². The molecule has 2 N–H and O–H groups in total. The van der Waals surface area contributed by atoms with E-state index in [1.165, 1.54) is 33.3 Å². The Balaban J connectivity index is 2.75. The van der Waals surface area contributed by atoms with Crippen LogP contribution in [0.15, 0.2) is 17.3 Å². The molecule has 1 aromatic carbocycles. The molecule has 1 atom stereocenters. The molecule has 1 amide bonds. The number of carbonyl (C=O) groups excluding carboxylic acids is 1. The van der Waals surface area contributed by atoms with Crippen molar-refractivity contribution >= 4 is 17.7 Å². The summed E-state index contributed by atoms with van der Waals surface area (Å²) in [6.45, 7) is 1.30. The van der Waals surface area contributed by atoms with E-state index < -0.39 is 18.1 Å². The second kappa shape index (κ2) is 8.57. The first kappa shape index (κ1) is 18.2. The number of aliphatic carboxylic acids is 1. The van der Waals surface area contributed by atoms with Crippen LogP contribution in [0.1, 0.15) is 18.9 Å². The lowest BCUT2D eigenvalue weighted by Crippen LogP contribution is -2.34. The minimum Gasteiger partial charge on any atom is -0.493 e. The number of benzene rings is 1. The topological polar surface area (TPSA) is 124 Å². The van der Waals surface area contributed by atoms with E-state index in [0.717, 1.165) is 0 Å². The van der Waals surface area contributed by atoms with Gasteiger partial charge < -0.3 is 24.6 Å². The highest BCUT2D eigenvalue weighted by Crippen LogP contribution is 2.35. The average molecular weight is 326 g/mol. The van der Waals surface area contributed by atoms with E-state index in [9.17, 15) is 14.5 Å². The smallest absolute Gasteiger partial charge is 0.407 e. The highest BCUT2D eigenvalue weighted by molar-refractivity contribution is 5.71. The number of carboxylic acids is 1. The number of nitrogens with one attached hydrogen (secondary N) is 1. The molecule has 0 aliphatic heterocycles. The van der Waals surface area contributed by atoms with Crippen molar-refractivity contribution in [2.75, 3.05) is 14.2 Å². The molecular weight excluding hydrogens is 308 g/mol. The molecule has 0 saturated carbocycles. The molecule has 0 aromatic heterocycles. The zero-order chi connectivity index (χ0) is 17.4. The van der Waals surface area contributed by atoms with Crippen LogP contribution in [0.3, 0.4) is 0 Å². The Bertz CT molecular complexity index is 589. The van der Waals surface area contributed by atoms with Crippen LogP contribution < -0.4 is 14.8 Å². The number of alkyl carbamates (subject to hydrolysis) is 1. The van der Waals surface area contributed by atoms with Gasteiger partial charge in [0, 0.05) is 17.7 Å². The summed E-state index contributed by atoms with van der Waals surface area (Å²) in [7, 11) is 2.84. The van der Waals surface area contributed by atoms with Crippen molar-refractivity contribution in [2.45, 2.75) is 26.0 Å². The first-order valence-electron chi connectivity index (χ1n) is 6.64. The summed E-state index contributed by atoms with van der Waals surface area (Å²) >= 11 is 0. The van der Waals surface area contributed by atoms with Gasteiger partial charge in [0.2, 0.25) is 0 Å². The molecule has 1 aromatic rings. The van der Waals surface area contributed by atoms with Crippen molar-refractivity contribution in [1.29, 1.82) is 0 Å². The largest absolute Gasteiger partial charge is 0.493 e. The van der Waals surface area contributed by atoms with E-state index in [-0.39, 0.29) is 18.7 Å². The lowest BCUT2D eigenvalue weighted by atomic mass is 10.1. The zero-order valence-corrected chi connectivity index (χ0v) is 13.0. The summed E-state index contributed by atoms with van der Waals surface area (Å²) in [4.78, 5) is 33.0. The number of hydrogen-bond donors (Lipinski definition) is 2. The monoisotopic (exact) mass is 326 g/mol. The molecule has 0 heterocycles. The third-order valence-electron chi connectivity index (χ3n) is 2.89. The van der Waals surface area contributed by atoms with Crippen molar-refractivity contribution < 1.29 is 28.9 Å². The van der Waals surface area contributed by atoms with Crippen molar-refractivity contribution in [2.24, 2.45) is 5.18 Å². The van der Waals surface area contributed by atoms with Gasteiger partial charge >= 0.3 is 12.1 Å². The van der Waals surface area contributed by atoms with Crippen molar-refractivity contribution in [3.05, 3.63) is 22.6 Å². The van der Waals surface area contributed by atoms with Crippen molar-refractivity contribution in [1.82, 2.24) is 5.32 Å². The van der Waals surface area contributed by atoms with Crippen LogP contribution in [-0.2, 0) is 16.1 Å². The summed E-state index contributed by atoms with van der Waals surface area (Å²) in [6.07, 6.45) is -1.03. The van der Waals surface area contributed by atoms with E-state index in [1.54, 1.807) is 0 Å². The summed E-state index contributed by atoms with van der Waals surface area (Å²) in [6, 6.07) is 2.26. The lowest BCUT2D eigenvalue weighted by molar-refractivity contribution is -0.137. The lowest BCUT2D eigenvalue weighted by Gasteiger charge is -2.14. The van der Waals surface area contributed by atoms with E-state index >= 15 is 0 Å². The van der Waals surface area contributed by atoms with Gasteiger partial charge in [0.05, 0.1) is 20.6 Å². The van der Waals surface area contributed by atoms with Crippen molar-refractivity contribution in [3.63, 3.8) is 0 Å².